The van der Waals surface area contributed by atoms with Crippen LogP contribution in [0.2, 0.25) is 0 Å². The van der Waals surface area contributed by atoms with Crippen LogP contribution in [0.5, 0.6) is 5.75 Å². The third kappa shape index (κ3) is 4.67. The molecule has 1 saturated heterocycles. The summed E-state index contributed by atoms with van der Waals surface area (Å²) in [5.41, 5.74) is 1.27. The fraction of sp³-hybridized carbons (Fsp3) is 0.240. The van der Waals surface area contributed by atoms with E-state index in [0.29, 0.717) is 52.7 Å². The van der Waals surface area contributed by atoms with E-state index in [4.69, 9.17) is 14.3 Å². The minimum atomic E-state index is -4.45. The number of furan rings is 1. The van der Waals surface area contributed by atoms with Gasteiger partial charge in [0.25, 0.3) is 0 Å². The smallest absolute Gasteiger partial charge is 0.426 e. The van der Waals surface area contributed by atoms with Crippen molar-refractivity contribution < 1.29 is 32.2 Å². The van der Waals surface area contributed by atoms with E-state index >= 15 is 0 Å². The van der Waals surface area contributed by atoms with Gasteiger partial charge in [-0.15, -0.1) is 11.3 Å². The summed E-state index contributed by atoms with van der Waals surface area (Å²) in [6.45, 7) is 1.51. The molecule has 176 valence electrons. The fourth-order valence-electron chi connectivity index (χ4n) is 4.02. The molecule has 5 rings (SSSR count). The molecule has 0 bridgehead atoms. The summed E-state index contributed by atoms with van der Waals surface area (Å²) < 4.78 is 52.4. The number of alkyl halides is 3. The minimum absolute atomic E-state index is 0.00398. The number of halogens is 3. The monoisotopic (exact) mass is 487 g/mol. The molecule has 2 aromatic carbocycles. The van der Waals surface area contributed by atoms with Crippen molar-refractivity contribution in [2.45, 2.75) is 19.3 Å². The second-order valence-electron chi connectivity index (χ2n) is 8.25. The Morgan fingerprint density at radius 2 is 1.88 bits per heavy atom. The van der Waals surface area contributed by atoms with Crippen LogP contribution in [-0.4, -0.2) is 29.1 Å². The lowest BCUT2D eigenvalue weighted by molar-refractivity contribution is -0.147. The predicted molar refractivity (Wildman–Crippen MR) is 122 cm³/mol. The predicted octanol–water partition coefficient (Wildman–Crippen LogP) is 6.28. The lowest BCUT2D eigenvalue weighted by Crippen LogP contribution is -2.49. The van der Waals surface area contributed by atoms with Crippen molar-refractivity contribution in [2.24, 2.45) is 5.92 Å². The molecule has 5 nitrogen and oxygen atoms in total. The van der Waals surface area contributed by atoms with Crippen LogP contribution in [0.15, 0.2) is 65.1 Å². The van der Waals surface area contributed by atoms with Crippen LogP contribution < -0.4 is 4.74 Å². The molecular weight excluding hydrogens is 467 g/mol. The average molecular weight is 487 g/mol. The third-order valence-corrected chi connectivity index (χ3v) is 6.89. The maximum atomic E-state index is 13.6. The van der Waals surface area contributed by atoms with Gasteiger partial charge in [0, 0.05) is 35.0 Å². The molecule has 2 aromatic heterocycles. The number of ether oxygens (including phenoxy) is 1. The Morgan fingerprint density at radius 3 is 2.59 bits per heavy atom. The zero-order chi connectivity index (χ0) is 23.9. The van der Waals surface area contributed by atoms with Crippen molar-refractivity contribution in [3.05, 3.63) is 76.2 Å². The van der Waals surface area contributed by atoms with Crippen LogP contribution in [-0.2, 0) is 24.1 Å². The molecule has 0 aliphatic carbocycles. The highest BCUT2D eigenvalue weighted by Crippen LogP contribution is 2.43. The zero-order valence-electron chi connectivity index (χ0n) is 17.8. The first-order valence-corrected chi connectivity index (χ1v) is 11.4. The van der Waals surface area contributed by atoms with Gasteiger partial charge in [0.05, 0.1) is 12.5 Å². The zero-order valence-corrected chi connectivity index (χ0v) is 18.7. The molecule has 34 heavy (non-hydrogen) atoms. The van der Waals surface area contributed by atoms with Crippen LogP contribution in [0.4, 0.5) is 13.2 Å². The highest BCUT2D eigenvalue weighted by molar-refractivity contribution is 7.12. The first-order chi connectivity index (χ1) is 16.3. The lowest BCUT2D eigenvalue weighted by Gasteiger charge is -2.35. The first-order valence-electron chi connectivity index (χ1n) is 10.6. The summed E-state index contributed by atoms with van der Waals surface area (Å²) >= 11 is 0.685. The highest BCUT2D eigenvalue weighted by atomic mass is 32.1. The second kappa shape index (κ2) is 8.81. The number of rotatable bonds is 7. The topological polar surface area (TPSA) is 62.9 Å². The van der Waals surface area contributed by atoms with Crippen molar-refractivity contribution in [1.29, 1.82) is 0 Å². The number of hydrogen-bond acceptors (Lipinski definition) is 5. The van der Waals surface area contributed by atoms with Gasteiger partial charge < -0.3 is 14.3 Å². The summed E-state index contributed by atoms with van der Waals surface area (Å²) in [5, 5.41) is 9.86. The number of fused-ring (bicyclic) bond motifs is 1. The number of carboxylic acid groups (broad SMARTS) is 1. The van der Waals surface area contributed by atoms with Crippen LogP contribution in [0.3, 0.4) is 0 Å². The lowest BCUT2D eigenvalue weighted by atomic mass is 10.0. The van der Waals surface area contributed by atoms with Gasteiger partial charge in [-0.3, -0.25) is 9.69 Å². The van der Waals surface area contributed by atoms with E-state index in [1.165, 1.54) is 6.07 Å². The summed E-state index contributed by atoms with van der Waals surface area (Å²) in [4.78, 5) is 12.8. The highest BCUT2D eigenvalue weighted by Gasteiger charge is 2.36. The first kappa shape index (κ1) is 22.5. The number of aliphatic carboxylic acids is 1. The molecule has 0 radical (unpaired) electrons. The van der Waals surface area contributed by atoms with Crippen LogP contribution >= 0.6 is 11.3 Å². The van der Waals surface area contributed by atoms with Gasteiger partial charge in [-0.1, -0.05) is 30.3 Å². The minimum Gasteiger partial charge on any atom is -0.488 e. The van der Waals surface area contributed by atoms with E-state index in [1.807, 2.05) is 17.0 Å². The quantitative estimate of drug-likeness (QED) is 0.333. The Hall–Kier alpha value is -3.30. The molecule has 0 amide bonds. The Kier molecular flexibility index (Phi) is 5.83. The SMILES string of the molecule is O=C(O)C1CN(Cc2cc3ccc(OCc4cc(-c5ccccc5)c(C(F)(F)F)s4)cc3o2)C1. The van der Waals surface area contributed by atoms with Gasteiger partial charge in [-0.05, 0) is 29.8 Å². The van der Waals surface area contributed by atoms with Gasteiger partial charge in [0.2, 0.25) is 0 Å². The number of hydrogen-bond donors (Lipinski definition) is 1. The molecule has 0 unspecified atom stereocenters. The van der Waals surface area contributed by atoms with E-state index in [2.05, 4.69) is 0 Å². The maximum absolute atomic E-state index is 13.6. The van der Waals surface area contributed by atoms with Gasteiger partial charge in [0.1, 0.15) is 28.6 Å². The van der Waals surface area contributed by atoms with Gasteiger partial charge in [-0.2, -0.15) is 13.2 Å². The molecule has 1 aliphatic rings. The summed E-state index contributed by atoms with van der Waals surface area (Å²) in [5.74, 6) is 0.0941. The molecular formula is C25H20F3NO4S. The largest absolute Gasteiger partial charge is 0.488 e. The van der Waals surface area contributed by atoms with Gasteiger partial charge >= 0.3 is 12.1 Å². The van der Waals surface area contributed by atoms with Crippen LogP contribution in [0.1, 0.15) is 15.5 Å². The molecule has 0 atom stereocenters. The number of nitrogens with zero attached hydrogens (tertiary/aromatic N) is 1. The standard InChI is InChI=1S/C25H20F3NO4S/c26-25(27,28)23-21(15-4-2-1-3-5-15)10-20(34-23)14-32-18-7-6-16-8-19(33-22(16)9-18)13-29-11-17(12-29)24(30)31/h1-10,17H,11-14H2,(H,30,31). The maximum Gasteiger partial charge on any atom is 0.426 e. The van der Waals surface area contributed by atoms with Gasteiger partial charge in [0.15, 0.2) is 0 Å². The van der Waals surface area contributed by atoms with Crippen LogP contribution in [0, 0.1) is 5.92 Å². The van der Waals surface area contributed by atoms with Gasteiger partial charge in [-0.25, -0.2) is 0 Å². The van der Waals surface area contributed by atoms with E-state index in [9.17, 15) is 18.0 Å². The van der Waals surface area contributed by atoms with E-state index in [-0.39, 0.29) is 18.1 Å². The van der Waals surface area contributed by atoms with E-state index in [0.717, 1.165) is 11.1 Å². The van der Waals surface area contributed by atoms with Crippen LogP contribution in [0.25, 0.3) is 22.1 Å². The average Bonchev–Trinajstić information content (AvgIpc) is 3.38. The third-order valence-electron chi connectivity index (χ3n) is 5.73. The Bertz CT molecular complexity index is 1320. The van der Waals surface area contributed by atoms with Crippen molar-refractivity contribution in [1.82, 2.24) is 4.90 Å². The Morgan fingerprint density at radius 1 is 1.12 bits per heavy atom. The number of carbonyl (C=O) groups is 1. The molecule has 9 heteroatoms. The summed E-state index contributed by atoms with van der Waals surface area (Å²) in [6, 6.07) is 17.2. The molecule has 4 aromatic rings. The molecule has 1 N–H and O–H groups in total. The fourth-order valence-corrected chi connectivity index (χ4v) is 4.98. The number of benzene rings is 2. The Labute approximate surface area is 197 Å². The second-order valence-corrected chi connectivity index (χ2v) is 9.39. The van der Waals surface area contributed by atoms with Crippen molar-refractivity contribution in [3.8, 4) is 16.9 Å². The summed E-state index contributed by atoms with van der Waals surface area (Å²) in [6.07, 6.45) is -4.45. The molecule has 0 spiro atoms. The van der Waals surface area contributed by atoms with Crippen molar-refractivity contribution in [2.75, 3.05) is 13.1 Å². The molecule has 3 heterocycles. The van der Waals surface area contributed by atoms with E-state index < -0.39 is 17.0 Å². The molecule has 1 fully saturated rings. The molecule has 0 saturated carbocycles. The number of carboxylic acids is 1. The van der Waals surface area contributed by atoms with Crippen molar-refractivity contribution in [3.63, 3.8) is 0 Å². The van der Waals surface area contributed by atoms with E-state index in [1.54, 1.807) is 42.5 Å². The normalized spacial score (nSPS) is 14.9. The molecule has 1 aliphatic heterocycles. The number of likely N-dealkylation sites (tertiary alicyclic amines) is 1. The summed E-state index contributed by atoms with van der Waals surface area (Å²) in [7, 11) is 0. The Balaban J connectivity index is 1.28. The number of thiophene rings is 1. The van der Waals surface area contributed by atoms with Crippen molar-refractivity contribution >= 4 is 28.3 Å².